The van der Waals surface area contributed by atoms with Crippen LogP contribution >= 0.6 is 11.6 Å². The number of carbonyl (C=O) groups excluding carboxylic acids is 1. The average molecular weight is 348 g/mol. The Morgan fingerprint density at radius 3 is 2.57 bits per heavy atom. The predicted octanol–water partition coefficient (Wildman–Crippen LogP) is 2.84. The van der Waals surface area contributed by atoms with Gasteiger partial charge in [0.2, 0.25) is 0 Å². The Labute approximate surface area is 134 Å². The first kappa shape index (κ1) is 17.1. The molecule has 0 atom stereocenters. The van der Waals surface area contributed by atoms with Gasteiger partial charge in [-0.2, -0.15) is 13.2 Å². The number of rotatable bonds is 3. The van der Waals surface area contributed by atoms with Gasteiger partial charge in [0.25, 0.3) is 0 Å². The highest BCUT2D eigenvalue weighted by atomic mass is 35.5. The molecular formula is C13H13ClF3N5O. The van der Waals surface area contributed by atoms with Crippen LogP contribution in [0.2, 0.25) is 5.02 Å². The number of primary amides is 1. The molecule has 0 radical (unpaired) electrons. The summed E-state index contributed by atoms with van der Waals surface area (Å²) < 4.78 is 40.4. The normalized spacial score (nSPS) is 12.3. The number of nitrogens with two attached hydrogens (primary N) is 1. The molecule has 1 heterocycles. The van der Waals surface area contributed by atoms with Gasteiger partial charge in [0, 0.05) is 5.02 Å². The molecular weight excluding hydrogens is 335 g/mol. The van der Waals surface area contributed by atoms with E-state index in [-0.39, 0.29) is 16.4 Å². The maximum absolute atomic E-state index is 13.1. The number of nitrogens with zero attached hydrogens (tertiary/aromatic N) is 3. The number of urea groups is 1. The fourth-order valence-corrected chi connectivity index (χ4v) is 2.15. The van der Waals surface area contributed by atoms with Crippen molar-refractivity contribution in [2.45, 2.75) is 25.6 Å². The summed E-state index contributed by atoms with van der Waals surface area (Å²) in [5.41, 5.74) is 3.15. The first-order valence-electron chi connectivity index (χ1n) is 6.38. The van der Waals surface area contributed by atoms with E-state index in [0.29, 0.717) is 0 Å². The second kappa shape index (κ2) is 5.73. The molecule has 0 unspecified atom stereocenters. The highest BCUT2D eigenvalue weighted by Gasteiger charge is 2.35. The summed E-state index contributed by atoms with van der Waals surface area (Å²) in [4.78, 5) is 11.0. The minimum absolute atomic E-state index is 0.0443. The van der Waals surface area contributed by atoms with Crippen molar-refractivity contribution in [2.75, 3.05) is 0 Å². The van der Waals surface area contributed by atoms with E-state index in [0.717, 1.165) is 10.7 Å². The second-order valence-electron chi connectivity index (χ2n) is 5.32. The second-order valence-corrected chi connectivity index (χ2v) is 5.76. The zero-order valence-electron chi connectivity index (χ0n) is 12.1. The van der Waals surface area contributed by atoms with Crippen LogP contribution in [0, 0.1) is 0 Å². The molecule has 23 heavy (non-hydrogen) atoms. The first-order valence-corrected chi connectivity index (χ1v) is 6.76. The summed E-state index contributed by atoms with van der Waals surface area (Å²) >= 11 is 5.64. The molecule has 124 valence electrons. The van der Waals surface area contributed by atoms with Crippen molar-refractivity contribution in [3.05, 3.63) is 40.7 Å². The van der Waals surface area contributed by atoms with Crippen LogP contribution in [0.4, 0.5) is 18.0 Å². The molecule has 0 aliphatic carbocycles. The number of alkyl halides is 3. The summed E-state index contributed by atoms with van der Waals surface area (Å²) in [5.74, 6) is 0. The fourth-order valence-electron chi connectivity index (χ4n) is 1.98. The lowest BCUT2D eigenvalue weighted by molar-refractivity contribution is -0.137. The molecule has 0 aliphatic heterocycles. The molecule has 1 aromatic carbocycles. The molecule has 10 heteroatoms. The van der Waals surface area contributed by atoms with E-state index >= 15 is 0 Å². The van der Waals surface area contributed by atoms with Crippen LogP contribution in [0.25, 0.3) is 5.69 Å². The first-order chi connectivity index (χ1) is 10.5. The Hall–Kier alpha value is -2.29. The maximum Gasteiger partial charge on any atom is 0.418 e. The van der Waals surface area contributed by atoms with Crippen LogP contribution in [0.3, 0.4) is 0 Å². The lowest BCUT2D eigenvalue weighted by atomic mass is 10.0. The average Bonchev–Trinajstić information content (AvgIpc) is 2.86. The Bertz CT molecular complexity index is 741. The van der Waals surface area contributed by atoms with Crippen molar-refractivity contribution >= 4 is 17.6 Å². The third kappa shape index (κ3) is 3.73. The molecule has 2 aromatic rings. The number of amides is 2. The number of nitrogens with one attached hydrogen (secondary N) is 1. The van der Waals surface area contributed by atoms with Crippen molar-refractivity contribution in [1.82, 2.24) is 20.3 Å². The van der Waals surface area contributed by atoms with E-state index in [1.807, 2.05) is 0 Å². The number of benzene rings is 1. The SMILES string of the molecule is CC(C)(NC(N)=O)c1cn(-c2ccc(Cl)cc2C(F)(F)F)nn1. The molecule has 0 aliphatic rings. The van der Waals surface area contributed by atoms with E-state index in [9.17, 15) is 18.0 Å². The summed E-state index contributed by atoms with van der Waals surface area (Å²) in [6.45, 7) is 3.19. The van der Waals surface area contributed by atoms with Gasteiger partial charge < -0.3 is 11.1 Å². The molecule has 2 amide bonds. The number of hydrogen-bond donors (Lipinski definition) is 2. The molecule has 0 saturated carbocycles. The largest absolute Gasteiger partial charge is 0.418 e. The molecule has 6 nitrogen and oxygen atoms in total. The predicted molar refractivity (Wildman–Crippen MR) is 77.1 cm³/mol. The smallest absolute Gasteiger partial charge is 0.352 e. The standard InChI is InChI=1S/C13H13ClF3N5O/c1-12(2,19-11(18)23)10-6-22(21-20-10)9-4-3-7(14)5-8(9)13(15,16)17/h3-6H,1-2H3,(H3,18,19,23). The third-order valence-corrected chi connectivity index (χ3v) is 3.32. The summed E-state index contributed by atoms with van der Waals surface area (Å²) in [6.07, 6.45) is -3.32. The minimum Gasteiger partial charge on any atom is -0.352 e. The monoisotopic (exact) mass is 347 g/mol. The lowest BCUT2D eigenvalue weighted by Gasteiger charge is -2.22. The van der Waals surface area contributed by atoms with Gasteiger partial charge in [-0.05, 0) is 32.0 Å². The van der Waals surface area contributed by atoms with Crippen molar-refractivity contribution in [3.63, 3.8) is 0 Å². The van der Waals surface area contributed by atoms with Gasteiger partial charge in [0.1, 0.15) is 5.69 Å². The van der Waals surface area contributed by atoms with Crippen molar-refractivity contribution < 1.29 is 18.0 Å². The highest BCUT2D eigenvalue weighted by Crippen LogP contribution is 2.35. The maximum atomic E-state index is 13.1. The van der Waals surface area contributed by atoms with E-state index in [1.165, 1.54) is 18.3 Å². The Morgan fingerprint density at radius 2 is 2.00 bits per heavy atom. The Kier molecular flexibility index (Phi) is 4.25. The van der Waals surface area contributed by atoms with Crippen LogP contribution in [-0.2, 0) is 11.7 Å². The van der Waals surface area contributed by atoms with Gasteiger partial charge in [0.05, 0.1) is 23.0 Å². The number of halogens is 4. The van der Waals surface area contributed by atoms with Crippen LogP contribution in [0.5, 0.6) is 0 Å². The summed E-state index contributed by atoms with van der Waals surface area (Å²) in [7, 11) is 0. The molecule has 0 spiro atoms. The number of aromatic nitrogens is 3. The summed E-state index contributed by atoms with van der Waals surface area (Å²) in [6, 6.07) is 2.54. The molecule has 1 aromatic heterocycles. The van der Waals surface area contributed by atoms with E-state index in [1.54, 1.807) is 13.8 Å². The van der Waals surface area contributed by atoms with Crippen molar-refractivity contribution in [3.8, 4) is 5.69 Å². The Morgan fingerprint density at radius 1 is 1.35 bits per heavy atom. The fraction of sp³-hybridized carbons (Fsp3) is 0.308. The quantitative estimate of drug-likeness (QED) is 0.895. The summed E-state index contributed by atoms with van der Waals surface area (Å²) in [5, 5.41) is 9.89. The van der Waals surface area contributed by atoms with Gasteiger partial charge >= 0.3 is 12.2 Å². The van der Waals surface area contributed by atoms with Crippen molar-refractivity contribution in [2.24, 2.45) is 5.73 Å². The third-order valence-electron chi connectivity index (χ3n) is 3.08. The molecule has 2 rings (SSSR count). The van der Waals surface area contributed by atoms with Gasteiger partial charge in [-0.15, -0.1) is 5.10 Å². The van der Waals surface area contributed by atoms with Crippen LogP contribution < -0.4 is 11.1 Å². The highest BCUT2D eigenvalue weighted by molar-refractivity contribution is 6.30. The van der Waals surface area contributed by atoms with E-state index in [4.69, 9.17) is 17.3 Å². The molecule has 0 bridgehead atoms. The zero-order chi connectivity index (χ0) is 17.4. The van der Waals surface area contributed by atoms with Crippen molar-refractivity contribution in [1.29, 1.82) is 0 Å². The molecule has 0 saturated heterocycles. The van der Waals surface area contributed by atoms with Gasteiger partial charge in [-0.25, -0.2) is 9.48 Å². The van der Waals surface area contributed by atoms with Gasteiger partial charge in [-0.1, -0.05) is 16.8 Å². The number of carbonyl (C=O) groups is 1. The lowest BCUT2D eigenvalue weighted by Crippen LogP contribution is -2.44. The topological polar surface area (TPSA) is 85.8 Å². The van der Waals surface area contributed by atoms with Crippen LogP contribution in [0.1, 0.15) is 25.1 Å². The molecule has 3 N–H and O–H groups in total. The minimum atomic E-state index is -4.60. The Balaban J connectivity index is 2.48. The zero-order valence-corrected chi connectivity index (χ0v) is 12.9. The number of hydrogen-bond acceptors (Lipinski definition) is 3. The molecule has 0 fully saturated rings. The van der Waals surface area contributed by atoms with Crippen LogP contribution in [0.15, 0.2) is 24.4 Å². The van der Waals surface area contributed by atoms with Crippen LogP contribution in [-0.4, -0.2) is 21.0 Å². The van der Waals surface area contributed by atoms with E-state index < -0.39 is 23.3 Å². The van der Waals surface area contributed by atoms with E-state index in [2.05, 4.69) is 15.6 Å². The van der Waals surface area contributed by atoms with Gasteiger partial charge in [0.15, 0.2) is 0 Å². The van der Waals surface area contributed by atoms with Gasteiger partial charge in [-0.3, -0.25) is 0 Å².